The molecule has 1 heterocycles. The molecule has 0 aliphatic rings. The molecule has 140 valence electrons. The zero-order valence-corrected chi connectivity index (χ0v) is 14.2. The predicted molar refractivity (Wildman–Crippen MR) is 90.1 cm³/mol. The van der Waals surface area contributed by atoms with Crippen LogP contribution in [0.1, 0.15) is 21.6 Å². The van der Waals surface area contributed by atoms with Gasteiger partial charge < -0.3 is 5.11 Å². The third kappa shape index (κ3) is 3.80. The molecule has 4 nitrogen and oxygen atoms in total. The highest BCUT2D eigenvalue weighted by molar-refractivity contribution is 6.33. The van der Waals surface area contributed by atoms with Crippen LogP contribution in [0, 0.1) is 5.82 Å². The predicted octanol–water partition coefficient (Wildman–Crippen LogP) is 5.11. The van der Waals surface area contributed by atoms with Crippen LogP contribution in [-0.2, 0) is 12.7 Å². The maximum atomic E-state index is 14.3. The fraction of sp³-hybridized carbons (Fsp3) is 0.111. The first-order valence-electron chi connectivity index (χ1n) is 7.58. The molecule has 0 spiro atoms. The quantitative estimate of drug-likeness (QED) is 0.621. The first-order valence-corrected chi connectivity index (χ1v) is 7.96. The van der Waals surface area contributed by atoms with Gasteiger partial charge in [0.2, 0.25) is 0 Å². The van der Waals surface area contributed by atoms with Crippen LogP contribution in [-0.4, -0.2) is 20.9 Å². The second-order valence-electron chi connectivity index (χ2n) is 5.65. The van der Waals surface area contributed by atoms with Gasteiger partial charge in [0.25, 0.3) is 0 Å². The third-order valence-corrected chi connectivity index (χ3v) is 4.17. The Morgan fingerprint density at radius 1 is 1.11 bits per heavy atom. The molecule has 0 atom stereocenters. The Balaban J connectivity index is 2.08. The second kappa shape index (κ2) is 7.03. The number of hydrogen-bond donors (Lipinski definition) is 1. The minimum Gasteiger partial charge on any atom is -0.478 e. The van der Waals surface area contributed by atoms with Gasteiger partial charge in [-0.15, -0.1) is 0 Å². The molecular formula is C18H11ClF4N2O2. The van der Waals surface area contributed by atoms with Crippen LogP contribution in [0.5, 0.6) is 0 Å². The normalized spacial score (nSPS) is 11.6. The fourth-order valence-electron chi connectivity index (χ4n) is 2.63. The Morgan fingerprint density at radius 3 is 2.44 bits per heavy atom. The van der Waals surface area contributed by atoms with E-state index in [-0.39, 0.29) is 28.3 Å². The van der Waals surface area contributed by atoms with Gasteiger partial charge in [0, 0.05) is 27.9 Å². The summed E-state index contributed by atoms with van der Waals surface area (Å²) < 4.78 is 55.4. The lowest BCUT2D eigenvalue weighted by molar-refractivity contribution is -0.141. The fourth-order valence-corrected chi connectivity index (χ4v) is 2.87. The van der Waals surface area contributed by atoms with E-state index in [0.29, 0.717) is 0 Å². The van der Waals surface area contributed by atoms with E-state index in [4.69, 9.17) is 16.7 Å². The molecule has 1 aromatic heterocycles. The number of carboxylic acid groups (broad SMARTS) is 1. The zero-order valence-electron chi connectivity index (χ0n) is 13.5. The third-order valence-electron chi connectivity index (χ3n) is 3.84. The summed E-state index contributed by atoms with van der Waals surface area (Å²) in [6.45, 7) is -0.375. The lowest BCUT2D eigenvalue weighted by Crippen LogP contribution is -2.11. The Morgan fingerprint density at radius 2 is 1.81 bits per heavy atom. The Labute approximate surface area is 155 Å². The number of carbonyl (C=O) groups is 1. The summed E-state index contributed by atoms with van der Waals surface area (Å²) in [6, 6.07) is 9.65. The average Bonchev–Trinajstić information content (AvgIpc) is 3.01. The van der Waals surface area contributed by atoms with Gasteiger partial charge in [0.05, 0.1) is 12.1 Å². The van der Waals surface area contributed by atoms with Crippen LogP contribution >= 0.6 is 11.6 Å². The standard InChI is InChI=1S/C18H11ClF4N2O2/c19-14-7-2-1-5-11(14)13-9-25(24-16(13)18(21,22)23)8-10-4-3-6-12(15(10)20)17(26)27/h1-7,9H,8H2,(H,26,27). The number of rotatable bonds is 4. The largest absolute Gasteiger partial charge is 0.478 e. The summed E-state index contributed by atoms with van der Waals surface area (Å²) >= 11 is 6.00. The van der Waals surface area contributed by atoms with Crippen molar-refractivity contribution in [2.45, 2.75) is 12.7 Å². The highest BCUT2D eigenvalue weighted by Gasteiger charge is 2.38. The summed E-state index contributed by atoms with van der Waals surface area (Å²) in [4.78, 5) is 11.0. The Kier molecular flexibility index (Phi) is 4.93. The smallest absolute Gasteiger partial charge is 0.435 e. The summed E-state index contributed by atoms with van der Waals surface area (Å²) in [6.07, 6.45) is -3.64. The highest BCUT2D eigenvalue weighted by Crippen LogP contribution is 2.38. The summed E-state index contributed by atoms with van der Waals surface area (Å²) in [7, 11) is 0. The van der Waals surface area contributed by atoms with E-state index in [1.807, 2.05) is 0 Å². The van der Waals surface area contributed by atoms with Crippen molar-refractivity contribution >= 4 is 17.6 Å². The first kappa shape index (κ1) is 18.9. The first-order chi connectivity index (χ1) is 12.7. The maximum Gasteiger partial charge on any atom is 0.435 e. The molecule has 3 aromatic rings. The molecule has 0 saturated heterocycles. The number of halogens is 5. The van der Waals surface area contributed by atoms with Gasteiger partial charge >= 0.3 is 12.1 Å². The maximum absolute atomic E-state index is 14.3. The van der Waals surface area contributed by atoms with Crippen LogP contribution < -0.4 is 0 Å². The summed E-state index contributed by atoms with van der Waals surface area (Å²) in [5, 5.41) is 12.6. The van der Waals surface area contributed by atoms with E-state index in [0.717, 1.165) is 16.9 Å². The van der Waals surface area contributed by atoms with Crippen molar-refractivity contribution in [1.82, 2.24) is 9.78 Å². The van der Waals surface area contributed by atoms with Crippen LogP contribution in [0.25, 0.3) is 11.1 Å². The molecule has 0 aliphatic carbocycles. The number of benzene rings is 2. The molecule has 0 saturated carbocycles. The summed E-state index contributed by atoms with van der Waals surface area (Å²) in [5.41, 5.74) is -1.94. The van der Waals surface area contributed by atoms with Gasteiger partial charge in [0.1, 0.15) is 5.82 Å². The number of aromatic nitrogens is 2. The van der Waals surface area contributed by atoms with Crippen molar-refractivity contribution in [3.8, 4) is 11.1 Å². The lowest BCUT2D eigenvalue weighted by Gasteiger charge is -2.07. The topological polar surface area (TPSA) is 55.1 Å². The molecule has 0 fully saturated rings. The van der Waals surface area contributed by atoms with E-state index in [1.54, 1.807) is 6.07 Å². The van der Waals surface area contributed by atoms with Crippen LogP contribution in [0.4, 0.5) is 17.6 Å². The van der Waals surface area contributed by atoms with Crippen molar-refractivity contribution in [1.29, 1.82) is 0 Å². The second-order valence-corrected chi connectivity index (χ2v) is 6.06. The molecule has 0 amide bonds. The van der Waals surface area contributed by atoms with Gasteiger partial charge in [-0.3, -0.25) is 4.68 Å². The van der Waals surface area contributed by atoms with E-state index in [9.17, 15) is 22.4 Å². The van der Waals surface area contributed by atoms with E-state index in [2.05, 4.69) is 5.10 Å². The van der Waals surface area contributed by atoms with Gasteiger partial charge in [-0.2, -0.15) is 18.3 Å². The number of hydrogen-bond acceptors (Lipinski definition) is 2. The molecule has 27 heavy (non-hydrogen) atoms. The van der Waals surface area contributed by atoms with E-state index >= 15 is 0 Å². The number of carboxylic acids is 1. The van der Waals surface area contributed by atoms with E-state index in [1.165, 1.54) is 30.3 Å². The number of nitrogens with zero attached hydrogens (tertiary/aromatic N) is 2. The van der Waals surface area contributed by atoms with Crippen molar-refractivity contribution < 1.29 is 27.5 Å². The molecule has 0 aliphatic heterocycles. The molecule has 0 unspecified atom stereocenters. The van der Waals surface area contributed by atoms with Gasteiger partial charge in [-0.05, 0) is 12.1 Å². The molecule has 1 N–H and O–H groups in total. The summed E-state index contributed by atoms with van der Waals surface area (Å²) in [5.74, 6) is -2.49. The van der Waals surface area contributed by atoms with Crippen molar-refractivity contribution in [3.05, 3.63) is 76.3 Å². The molecule has 0 bridgehead atoms. The molecular weight excluding hydrogens is 388 g/mol. The Bertz CT molecular complexity index is 1010. The molecule has 2 aromatic carbocycles. The van der Waals surface area contributed by atoms with Crippen LogP contribution in [0.2, 0.25) is 5.02 Å². The minimum atomic E-state index is -4.75. The van der Waals surface area contributed by atoms with Crippen LogP contribution in [0.15, 0.2) is 48.7 Å². The number of aromatic carboxylic acids is 1. The monoisotopic (exact) mass is 398 g/mol. The zero-order chi connectivity index (χ0) is 19.8. The van der Waals surface area contributed by atoms with Crippen molar-refractivity contribution in [2.75, 3.05) is 0 Å². The van der Waals surface area contributed by atoms with Crippen molar-refractivity contribution in [2.24, 2.45) is 0 Å². The molecule has 0 radical (unpaired) electrons. The van der Waals surface area contributed by atoms with Crippen LogP contribution in [0.3, 0.4) is 0 Å². The molecule has 3 rings (SSSR count). The number of alkyl halides is 3. The van der Waals surface area contributed by atoms with Crippen molar-refractivity contribution in [3.63, 3.8) is 0 Å². The minimum absolute atomic E-state index is 0.100. The average molecular weight is 399 g/mol. The lowest BCUT2D eigenvalue weighted by atomic mass is 10.1. The SMILES string of the molecule is O=C(O)c1cccc(Cn2cc(-c3ccccc3Cl)c(C(F)(F)F)n2)c1F. The molecule has 9 heteroatoms. The Hall–Kier alpha value is -2.87. The van der Waals surface area contributed by atoms with Gasteiger partial charge in [-0.25, -0.2) is 9.18 Å². The van der Waals surface area contributed by atoms with Gasteiger partial charge in [0.15, 0.2) is 5.69 Å². The van der Waals surface area contributed by atoms with Gasteiger partial charge in [-0.1, -0.05) is 41.9 Å². The van der Waals surface area contributed by atoms with E-state index < -0.39 is 29.2 Å². The highest BCUT2D eigenvalue weighted by atomic mass is 35.5.